The summed E-state index contributed by atoms with van der Waals surface area (Å²) in [6.45, 7) is 0. The van der Waals surface area contributed by atoms with Crippen LogP contribution in [-0.2, 0) is 0 Å². The molecule has 0 fully saturated rings. The highest BCUT2D eigenvalue weighted by atomic mass is 16.2. The van der Waals surface area contributed by atoms with Gasteiger partial charge < -0.3 is 0 Å². The molecular formula is C8H7N5O. The number of aromatic nitrogens is 4. The van der Waals surface area contributed by atoms with Crippen LogP contribution in [0.15, 0.2) is 37.1 Å². The van der Waals surface area contributed by atoms with Crippen molar-refractivity contribution in [2.45, 2.75) is 0 Å². The summed E-state index contributed by atoms with van der Waals surface area (Å²) in [5, 5.41) is 3.82. The summed E-state index contributed by atoms with van der Waals surface area (Å²) in [6.07, 6.45) is 7.53. The van der Waals surface area contributed by atoms with Crippen LogP contribution >= 0.6 is 0 Å². The molecule has 0 bridgehead atoms. The Morgan fingerprint density at radius 1 is 1.36 bits per heavy atom. The van der Waals surface area contributed by atoms with Gasteiger partial charge in [-0.25, -0.2) is 10.4 Å². The van der Waals surface area contributed by atoms with Crippen LogP contribution in [0, 0.1) is 0 Å². The van der Waals surface area contributed by atoms with Crippen molar-refractivity contribution in [3.05, 3.63) is 42.7 Å². The minimum Gasteiger partial charge on any atom is -0.265 e. The standard InChI is InChI=1S/C8H7N5O/c14-8(7-6-9-3-4-10-7)12-13-5-1-2-11-13/h1-6H,(H,12,14). The zero-order valence-corrected chi connectivity index (χ0v) is 7.16. The second-order valence-corrected chi connectivity index (χ2v) is 2.48. The Morgan fingerprint density at radius 3 is 2.93 bits per heavy atom. The molecule has 6 heteroatoms. The topological polar surface area (TPSA) is 72.7 Å². The molecule has 0 aliphatic carbocycles. The Hall–Kier alpha value is -2.24. The number of carbonyl (C=O) groups excluding carboxylic acids is 1. The minimum absolute atomic E-state index is 0.253. The van der Waals surface area contributed by atoms with Gasteiger partial charge in [0.15, 0.2) is 0 Å². The Balaban J connectivity index is 2.11. The molecule has 2 aromatic rings. The van der Waals surface area contributed by atoms with Crippen LogP contribution in [0.1, 0.15) is 10.5 Å². The maximum absolute atomic E-state index is 11.4. The van der Waals surface area contributed by atoms with Crippen LogP contribution < -0.4 is 5.43 Å². The minimum atomic E-state index is -0.346. The lowest BCUT2D eigenvalue weighted by Gasteiger charge is -2.02. The molecule has 0 unspecified atom stereocenters. The highest BCUT2D eigenvalue weighted by Crippen LogP contribution is 1.90. The average molecular weight is 189 g/mol. The van der Waals surface area contributed by atoms with E-state index in [1.165, 1.54) is 23.4 Å². The van der Waals surface area contributed by atoms with Crippen molar-refractivity contribution in [3.63, 3.8) is 0 Å². The SMILES string of the molecule is O=C(Nn1cccn1)c1cnccn1. The summed E-state index contributed by atoms with van der Waals surface area (Å²) in [4.78, 5) is 20.4. The van der Waals surface area contributed by atoms with Crippen molar-refractivity contribution in [3.8, 4) is 0 Å². The lowest BCUT2D eigenvalue weighted by Crippen LogP contribution is -2.24. The van der Waals surface area contributed by atoms with Gasteiger partial charge in [0.25, 0.3) is 5.91 Å². The smallest absolute Gasteiger partial charge is 0.265 e. The molecule has 0 spiro atoms. The van der Waals surface area contributed by atoms with E-state index in [0.717, 1.165) is 0 Å². The summed E-state index contributed by atoms with van der Waals surface area (Å²) < 4.78 is 0. The fraction of sp³-hybridized carbons (Fsp3) is 0. The maximum atomic E-state index is 11.4. The molecule has 70 valence electrons. The number of hydrogen-bond donors (Lipinski definition) is 1. The van der Waals surface area contributed by atoms with E-state index in [0.29, 0.717) is 0 Å². The molecule has 1 N–H and O–H groups in total. The highest BCUT2D eigenvalue weighted by Gasteiger charge is 2.06. The fourth-order valence-corrected chi connectivity index (χ4v) is 0.913. The van der Waals surface area contributed by atoms with E-state index in [2.05, 4.69) is 20.5 Å². The third kappa shape index (κ3) is 1.74. The molecule has 14 heavy (non-hydrogen) atoms. The quantitative estimate of drug-likeness (QED) is 0.724. The Labute approximate surface area is 79.6 Å². The Morgan fingerprint density at radius 2 is 2.29 bits per heavy atom. The number of nitrogens with one attached hydrogen (secondary N) is 1. The first-order chi connectivity index (χ1) is 6.86. The molecular weight excluding hydrogens is 182 g/mol. The van der Waals surface area contributed by atoms with Gasteiger partial charge >= 0.3 is 0 Å². The molecule has 1 amide bonds. The van der Waals surface area contributed by atoms with Crippen molar-refractivity contribution >= 4 is 5.91 Å². The van der Waals surface area contributed by atoms with E-state index in [9.17, 15) is 4.79 Å². The molecule has 0 aromatic carbocycles. The fourth-order valence-electron chi connectivity index (χ4n) is 0.913. The van der Waals surface area contributed by atoms with Crippen molar-refractivity contribution in [2.24, 2.45) is 0 Å². The van der Waals surface area contributed by atoms with Crippen LogP contribution in [-0.4, -0.2) is 25.8 Å². The number of hydrogen-bond acceptors (Lipinski definition) is 4. The van der Waals surface area contributed by atoms with Gasteiger partial charge in [0.2, 0.25) is 0 Å². The van der Waals surface area contributed by atoms with E-state index < -0.39 is 0 Å². The van der Waals surface area contributed by atoms with Crippen molar-refractivity contribution in [2.75, 3.05) is 5.43 Å². The van der Waals surface area contributed by atoms with Crippen LogP contribution in [0.2, 0.25) is 0 Å². The van der Waals surface area contributed by atoms with Gasteiger partial charge in [0.05, 0.1) is 12.4 Å². The van der Waals surface area contributed by atoms with Crippen molar-refractivity contribution in [1.82, 2.24) is 19.9 Å². The predicted molar refractivity (Wildman–Crippen MR) is 48.0 cm³/mol. The second kappa shape index (κ2) is 3.65. The van der Waals surface area contributed by atoms with Gasteiger partial charge in [-0.3, -0.25) is 9.78 Å². The summed E-state index contributed by atoms with van der Waals surface area (Å²) >= 11 is 0. The molecule has 0 saturated heterocycles. The van der Waals surface area contributed by atoms with E-state index in [-0.39, 0.29) is 11.6 Å². The van der Waals surface area contributed by atoms with Crippen molar-refractivity contribution < 1.29 is 4.79 Å². The molecule has 2 aromatic heterocycles. The van der Waals surface area contributed by atoms with Gasteiger partial charge in [-0.15, -0.1) is 0 Å². The number of carbonyl (C=O) groups is 1. The maximum Gasteiger partial charge on any atom is 0.291 e. The zero-order valence-electron chi connectivity index (χ0n) is 7.16. The summed E-state index contributed by atoms with van der Waals surface area (Å²) in [7, 11) is 0. The number of amides is 1. The lowest BCUT2D eigenvalue weighted by atomic mass is 10.4. The molecule has 0 saturated carbocycles. The average Bonchev–Trinajstić information content (AvgIpc) is 2.72. The monoisotopic (exact) mass is 189 g/mol. The van der Waals surface area contributed by atoms with Gasteiger partial charge in [-0.2, -0.15) is 9.89 Å². The van der Waals surface area contributed by atoms with Gasteiger partial charge in [0.1, 0.15) is 5.69 Å². The Kier molecular flexibility index (Phi) is 2.18. The van der Waals surface area contributed by atoms with Crippen LogP contribution in [0.25, 0.3) is 0 Å². The van der Waals surface area contributed by atoms with E-state index in [1.807, 2.05) is 0 Å². The summed E-state index contributed by atoms with van der Waals surface area (Å²) in [5.74, 6) is -0.346. The third-order valence-electron chi connectivity index (χ3n) is 1.52. The van der Waals surface area contributed by atoms with Gasteiger partial charge in [-0.05, 0) is 6.07 Å². The van der Waals surface area contributed by atoms with Crippen LogP contribution in [0.4, 0.5) is 0 Å². The molecule has 0 aliphatic rings. The van der Waals surface area contributed by atoms with E-state index in [4.69, 9.17) is 0 Å². The Bertz CT molecular complexity index is 411. The molecule has 2 heterocycles. The highest BCUT2D eigenvalue weighted by molar-refractivity contribution is 5.97. The molecule has 2 rings (SSSR count). The normalized spacial score (nSPS) is 9.71. The second-order valence-electron chi connectivity index (χ2n) is 2.48. The van der Waals surface area contributed by atoms with E-state index >= 15 is 0 Å². The van der Waals surface area contributed by atoms with Crippen LogP contribution in [0.3, 0.4) is 0 Å². The molecule has 0 aliphatic heterocycles. The number of nitrogens with zero attached hydrogens (tertiary/aromatic N) is 4. The first-order valence-corrected chi connectivity index (χ1v) is 3.93. The number of rotatable bonds is 2. The molecule has 0 atom stereocenters. The van der Waals surface area contributed by atoms with Gasteiger partial charge in [0, 0.05) is 18.6 Å². The largest absolute Gasteiger partial charge is 0.291 e. The predicted octanol–water partition coefficient (Wildman–Crippen LogP) is 0.0570. The van der Waals surface area contributed by atoms with E-state index in [1.54, 1.807) is 18.5 Å². The first-order valence-electron chi connectivity index (χ1n) is 3.93. The van der Waals surface area contributed by atoms with Crippen molar-refractivity contribution in [1.29, 1.82) is 0 Å². The summed E-state index contributed by atoms with van der Waals surface area (Å²) in [6, 6.07) is 1.71. The molecule has 0 radical (unpaired) electrons. The van der Waals surface area contributed by atoms with Gasteiger partial charge in [-0.1, -0.05) is 0 Å². The zero-order chi connectivity index (χ0) is 9.80. The molecule has 6 nitrogen and oxygen atoms in total. The first kappa shape index (κ1) is 8.36. The third-order valence-corrected chi connectivity index (χ3v) is 1.52. The summed E-state index contributed by atoms with van der Waals surface area (Å²) in [5.41, 5.74) is 2.76. The van der Waals surface area contributed by atoms with Crippen LogP contribution in [0.5, 0.6) is 0 Å². The lowest BCUT2D eigenvalue weighted by molar-refractivity contribution is 0.1000.